The molecule has 0 spiro atoms. The van der Waals surface area contributed by atoms with E-state index in [0.717, 1.165) is 18.4 Å². The molecule has 8 heteroatoms. The molecule has 2 aromatic carbocycles. The molecule has 170 valence electrons. The zero-order valence-corrected chi connectivity index (χ0v) is 18.8. The number of hydrogen-bond donors (Lipinski definition) is 0. The summed E-state index contributed by atoms with van der Waals surface area (Å²) in [5.41, 5.74) is 1.64. The molecule has 1 heterocycles. The number of hydrogen-bond acceptors (Lipinski definition) is 5. The average molecular weight is 460 g/mol. The highest BCUT2D eigenvalue weighted by atomic mass is 32.2. The van der Waals surface area contributed by atoms with Crippen LogP contribution in [-0.4, -0.2) is 39.1 Å². The number of anilines is 1. The Morgan fingerprint density at radius 2 is 1.78 bits per heavy atom. The maximum absolute atomic E-state index is 13.3. The van der Waals surface area contributed by atoms with Crippen molar-refractivity contribution in [2.24, 2.45) is 0 Å². The summed E-state index contributed by atoms with van der Waals surface area (Å²) in [5, 5.41) is 0. The lowest BCUT2D eigenvalue weighted by molar-refractivity contribution is -0.149. The first-order valence-electron chi connectivity index (χ1n) is 10.9. The molecule has 1 fully saturated rings. The SMILES string of the molecule is CCS(=O)(=O)N1CCc2cc(C(=O)COC(=O)C3(c4ccc(F)cc4)CCCC3)ccc21. The van der Waals surface area contributed by atoms with Gasteiger partial charge in [-0.1, -0.05) is 25.0 Å². The lowest BCUT2D eigenvalue weighted by atomic mass is 9.79. The van der Waals surface area contributed by atoms with Crippen LogP contribution in [0, 0.1) is 5.82 Å². The van der Waals surface area contributed by atoms with Crippen molar-refractivity contribution in [1.82, 2.24) is 0 Å². The highest BCUT2D eigenvalue weighted by Gasteiger charge is 2.44. The van der Waals surface area contributed by atoms with E-state index in [4.69, 9.17) is 4.74 Å². The van der Waals surface area contributed by atoms with Gasteiger partial charge in [-0.15, -0.1) is 0 Å². The van der Waals surface area contributed by atoms with E-state index in [2.05, 4.69) is 0 Å². The van der Waals surface area contributed by atoms with Crippen LogP contribution in [0.3, 0.4) is 0 Å². The second kappa shape index (κ2) is 8.65. The zero-order valence-electron chi connectivity index (χ0n) is 18.0. The van der Waals surface area contributed by atoms with Crippen molar-refractivity contribution in [2.45, 2.75) is 44.4 Å². The standard InChI is InChI=1S/C24H26FNO5S/c1-2-32(29,30)26-14-11-17-15-18(5-10-21(17)26)22(27)16-31-23(28)24(12-3-4-13-24)19-6-8-20(25)9-7-19/h5-10,15H,2-4,11-14,16H2,1H3. The molecule has 0 N–H and O–H groups in total. The largest absolute Gasteiger partial charge is 0.457 e. The Kier molecular flexibility index (Phi) is 6.07. The van der Waals surface area contributed by atoms with Gasteiger partial charge < -0.3 is 4.74 Å². The molecule has 0 saturated heterocycles. The summed E-state index contributed by atoms with van der Waals surface area (Å²) >= 11 is 0. The van der Waals surface area contributed by atoms with Gasteiger partial charge in [0, 0.05) is 12.1 Å². The summed E-state index contributed by atoms with van der Waals surface area (Å²) in [4.78, 5) is 25.7. The minimum Gasteiger partial charge on any atom is -0.457 e. The Morgan fingerprint density at radius 1 is 1.09 bits per heavy atom. The van der Waals surface area contributed by atoms with Crippen LogP contribution in [0.1, 0.15) is 54.1 Å². The number of rotatable bonds is 7. The van der Waals surface area contributed by atoms with Crippen molar-refractivity contribution in [3.63, 3.8) is 0 Å². The Labute approximate surface area is 187 Å². The number of carbonyl (C=O) groups is 2. The smallest absolute Gasteiger partial charge is 0.317 e. The number of esters is 1. The lowest BCUT2D eigenvalue weighted by Crippen LogP contribution is -2.35. The third kappa shape index (κ3) is 4.03. The predicted octanol–water partition coefficient (Wildman–Crippen LogP) is 3.78. The Balaban J connectivity index is 1.47. The molecular weight excluding hydrogens is 433 g/mol. The van der Waals surface area contributed by atoms with Gasteiger partial charge in [0.25, 0.3) is 0 Å². The van der Waals surface area contributed by atoms with E-state index in [1.165, 1.54) is 16.4 Å². The number of ketones is 1. The maximum atomic E-state index is 13.3. The topological polar surface area (TPSA) is 80.8 Å². The Hall–Kier alpha value is -2.74. The van der Waals surface area contributed by atoms with Crippen LogP contribution in [0.25, 0.3) is 0 Å². The summed E-state index contributed by atoms with van der Waals surface area (Å²) in [6, 6.07) is 10.8. The average Bonchev–Trinajstić information content (AvgIpc) is 3.45. The minimum atomic E-state index is -3.36. The van der Waals surface area contributed by atoms with Gasteiger partial charge in [-0.2, -0.15) is 0 Å². The summed E-state index contributed by atoms with van der Waals surface area (Å²) in [6.07, 6.45) is 3.46. The van der Waals surface area contributed by atoms with Crippen LogP contribution in [0.4, 0.5) is 10.1 Å². The van der Waals surface area contributed by atoms with E-state index >= 15 is 0 Å². The molecule has 1 saturated carbocycles. The Bertz CT molecular complexity index is 1140. The van der Waals surface area contributed by atoms with Crippen molar-refractivity contribution in [3.05, 3.63) is 65.0 Å². The molecule has 1 aliphatic heterocycles. The summed E-state index contributed by atoms with van der Waals surface area (Å²) < 4.78 is 44.6. The van der Waals surface area contributed by atoms with Crippen molar-refractivity contribution in [3.8, 4) is 0 Å². The van der Waals surface area contributed by atoms with Crippen molar-refractivity contribution >= 4 is 27.5 Å². The monoisotopic (exact) mass is 459 g/mol. The van der Waals surface area contributed by atoms with Gasteiger partial charge in [0.05, 0.1) is 16.9 Å². The number of fused-ring (bicyclic) bond motifs is 1. The third-order valence-corrected chi connectivity index (χ3v) is 8.31. The van der Waals surface area contributed by atoms with E-state index in [0.29, 0.717) is 42.6 Å². The van der Waals surface area contributed by atoms with E-state index < -0.39 is 28.0 Å². The molecule has 1 aliphatic carbocycles. The number of sulfonamides is 1. The molecule has 2 aliphatic rings. The number of nitrogens with zero attached hydrogens (tertiary/aromatic N) is 1. The molecular formula is C24H26FNO5S. The molecule has 6 nitrogen and oxygen atoms in total. The number of Topliss-reactive ketones (excluding diaryl/α,β-unsaturated/α-hetero) is 1. The predicted molar refractivity (Wildman–Crippen MR) is 119 cm³/mol. The summed E-state index contributed by atoms with van der Waals surface area (Å²) in [5.74, 6) is -1.16. The second-order valence-corrected chi connectivity index (χ2v) is 10.5. The number of halogens is 1. The highest BCUT2D eigenvalue weighted by molar-refractivity contribution is 7.92. The van der Waals surface area contributed by atoms with Crippen molar-refractivity contribution < 1.29 is 27.1 Å². The van der Waals surface area contributed by atoms with Crippen LogP contribution in [0.5, 0.6) is 0 Å². The van der Waals surface area contributed by atoms with Crippen LogP contribution in [0.2, 0.25) is 0 Å². The molecule has 0 radical (unpaired) electrons. The second-order valence-electron chi connectivity index (χ2n) is 8.36. The van der Waals surface area contributed by atoms with Gasteiger partial charge in [-0.3, -0.25) is 13.9 Å². The molecule has 4 rings (SSSR count). The van der Waals surface area contributed by atoms with Crippen molar-refractivity contribution in [1.29, 1.82) is 0 Å². The van der Waals surface area contributed by atoms with E-state index in [1.54, 1.807) is 37.3 Å². The van der Waals surface area contributed by atoms with E-state index in [-0.39, 0.29) is 17.4 Å². The van der Waals surface area contributed by atoms with Gasteiger partial charge in [-0.05, 0) is 67.6 Å². The zero-order chi connectivity index (χ0) is 22.9. The van der Waals surface area contributed by atoms with E-state index in [1.807, 2.05) is 0 Å². The fraction of sp³-hybridized carbons (Fsp3) is 0.417. The quantitative estimate of drug-likeness (QED) is 0.465. The van der Waals surface area contributed by atoms with Crippen LogP contribution in [-0.2, 0) is 31.4 Å². The fourth-order valence-electron chi connectivity index (χ4n) is 4.70. The first-order chi connectivity index (χ1) is 15.3. The molecule has 0 atom stereocenters. The Morgan fingerprint density at radius 3 is 2.44 bits per heavy atom. The summed E-state index contributed by atoms with van der Waals surface area (Å²) in [7, 11) is -3.36. The maximum Gasteiger partial charge on any atom is 0.317 e. The van der Waals surface area contributed by atoms with Gasteiger partial charge in [-0.25, -0.2) is 12.8 Å². The van der Waals surface area contributed by atoms with Gasteiger partial charge in [0.1, 0.15) is 5.82 Å². The van der Waals surface area contributed by atoms with Gasteiger partial charge in [0.2, 0.25) is 10.0 Å². The van der Waals surface area contributed by atoms with Crippen LogP contribution >= 0.6 is 0 Å². The molecule has 0 unspecified atom stereocenters. The van der Waals surface area contributed by atoms with Gasteiger partial charge in [0.15, 0.2) is 12.4 Å². The molecule has 2 aromatic rings. The van der Waals surface area contributed by atoms with Crippen LogP contribution in [0.15, 0.2) is 42.5 Å². The number of benzene rings is 2. The van der Waals surface area contributed by atoms with E-state index in [9.17, 15) is 22.4 Å². The first-order valence-corrected chi connectivity index (χ1v) is 12.5. The third-order valence-electron chi connectivity index (χ3n) is 6.53. The van der Waals surface area contributed by atoms with Gasteiger partial charge >= 0.3 is 5.97 Å². The lowest BCUT2D eigenvalue weighted by Gasteiger charge is -2.27. The molecule has 0 aromatic heterocycles. The molecule has 32 heavy (non-hydrogen) atoms. The number of ether oxygens (including phenoxy) is 1. The summed E-state index contributed by atoms with van der Waals surface area (Å²) in [6.45, 7) is 1.57. The van der Waals surface area contributed by atoms with Crippen molar-refractivity contribution in [2.75, 3.05) is 23.2 Å². The molecule has 0 amide bonds. The van der Waals surface area contributed by atoms with Crippen LogP contribution < -0.4 is 4.31 Å². The first kappa shape index (κ1) is 22.5. The molecule has 0 bridgehead atoms. The number of carbonyl (C=O) groups excluding carboxylic acids is 2. The normalized spacial score (nSPS) is 17.2. The highest BCUT2D eigenvalue weighted by Crippen LogP contribution is 2.42. The fourth-order valence-corrected chi connectivity index (χ4v) is 5.86. The minimum absolute atomic E-state index is 0.0128.